The van der Waals surface area contributed by atoms with Crippen molar-refractivity contribution >= 4 is 22.9 Å². The molecule has 0 saturated carbocycles. The molecule has 1 heterocycles. The molecule has 0 saturated heterocycles. The van der Waals surface area contributed by atoms with Gasteiger partial charge in [-0.05, 0) is 61.6 Å². The van der Waals surface area contributed by atoms with E-state index in [0.717, 1.165) is 27.6 Å². The number of hydrogen-bond donors (Lipinski definition) is 2. The van der Waals surface area contributed by atoms with Crippen LogP contribution in [0.15, 0.2) is 54.6 Å². The summed E-state index contributed by atoms with van der Waals surface area (Å²) in [5.41, 5.74) is 1.94. The minimum absolute atomic E-state index is 0.0513. The van der Waals surface area contributed by atoms with Gasteiger partial charge in [0.05, 0.1) is 11.6 Å². The molecule has 0 aliphatic heterocycles. The van der Waals surface area contributed by atoms with E-state index >= 15 is 0 Å². The minimum Gasteiger partial charge on any atom is -0.351 e. The lowest BCUT2D eigenvalue weighted by atomic mass is 9.99. The molecule has 0 spiro atoms. The molecule has 2 N–H and O–H groups in total. The number of hydrogen-bond acceptors (Lipinski definition) is 3. The van der Waals surface area contributed by atoms with Gasteiger partial charge < -0.3 is 5.32 Å². The van der Waals surface area contributed by atoms with Crippen LogP contribution in [-0.4, -0.2) is 26.7 Å². The van der Waals surface area contributed by atoms with Crippen LogP contribution in [0.2, 0.25) is 0 Å². The van der Waals surface area contributed by atoms with Crippen LogP contribution in [0.5, 0.6) is 0 Å². The van der Waals surface area contributed by atoms with Gasteiger partial charge in [-0.25, -0.2) is 13.6 Å². The number of pyridine rings is 1. The van der Waals surface area contributed by atoms with E-state index in [4.69, 9.17) is 4.55 Å². The SMILES string of the molecule is Cc1ccc(CCc2nc(C(F)(F)F)ccc2CNC(=O)C(C)c2ccc(N(C)S(=O)O)c(F)c2)cc1. The Kier molecular flexibility index (Phi) is 9.03. The van der Waals surface area contributed by atoms with Crippen molar-refractivity contribution in [3.05, 3.63) is 94.1 Å². The summed E-state index contributed by atoms with van der Waals surface area (Å²) in [6.07, 6.45) is -3.87. The fourth-order valence-corrected chi connectivity index (χ4v) is 4.02. The van der Waals surface area contributed by atoms with E-state index in [1.165, 1.54) is 25.2 Å². The number of carbonyl (C=O) groups is 1. The Bertz CT molecular complexity index is 1280. The van der Waals surface area contributed by atoms with Gasteiger partial charge in [-0.2, -0.15) is 13.2 Å². The molecule has 2 unspecified atom stereocenters. The first kappa shape index (κ1) is 28.3. The number of benzene rings is 2. The van der Waals surface area contributed by atoms with E-state index in [9.17, 15) is 26.6 Å². The Morgan fingerprint density at radius 2 is 1.78 bits per heavy atom. The first-order valence-electron chi connectivity index (χ1n) is 11.4. The lowest BCUT2D eigenvalue weighted by Crippen LogP contribution is -2.28. The Balaban J connectivity index is 1.74. The molecule has 2 atom stereocenters. The van der Waals surface area contributed by atoms with Crippen molar-refractivity contribution in [2.75, 3.05) is 11.4 Å². The van der Waals surface area contributed by atoms with Crippen LogP contribution in [0.4, 0.5) is 23.2 Å². The summed E-state index contributed by atoms with van der Waals surface area (Å²) in [4.78, 5) is 16.6. The van der Waals surface area contributed by atoms with Crippen LogP contribution < -0.4 is 9.62 Å². The molecule has 2 aromatic carbocycles. The molecule has 11 heteroatoms. The van der Waals surface area contributed by atoms with Gasteiger partial charge in [0.2, 0.25) is 5.91 Å². The molecular formula is C26H27F4N3O3S. The maximum Gasteiger partial charge on any atom is 0.433 e. The van der Waals surface area contributed by atoms with Crippen LogP contribution in [0, 0.1) is 12.7 Å². The van der Waals surface area contributed by atoms with Gasteiger partial charge in [-0.15, -0.1) is 0 Å². The zero-order valence-electron chi connectivity index (χ0n) is 20.5. The first-order chi connectivity index (χ1) is 17.4. The molecule has 198 valence electrons. The maximum absolute atomic E-state index is 14.5. The minimum atomic E-state index is -4.60. The van der Waals surface area contributed by atoms with E-state index in [0.29, 0.717) is 17.5 Å². The number of aryl methyl sites for hydroxylation is 3. The highest BCUT2D eigenvalue weighted by Gasteiger charge is 2.33. The van der Waals surface area contributed by atoms with E-state index in [2.05, 4.69) is 10.3 Å². The maximum atomic E-state index is 14.5. The molecule has 1 aromatic heterocycles. The topological polar surface area (TPSA) is 82.5 Å². The summed E-state index contributed by atoms with van der Waals surface area (Å²) in [5.74, 6) is -2.02. The smallest absolute Gasteiger partial charge is 0.351 e. The summed E-state index contributed by atoms with van der Waals surface area (Å²) in [6.45, 7) is 3.45. The van der Waals surface area contributed by atoms with E-state index in [1.54, 1.807) is 6.92 Å². The molecule has 0 aliphatic carbocycles. The van der Waals surface area contributed by atoms with Crippen molar-refractivity contribution in [3.8, 4) is 0 Å². The predicted octanol–water partition coefficient (Wildman–Crippen LogP) is 5.33. The standard InChI is InChI=1S/C26H27F4N3O3S/c1-16-4-6-18(7-5-16)8-11-22-20(10-13-24(32-22)26(28,29)30)15-31-25(34)17(2)19-9-12-23(21(27)14-19)33(3)37(35)36/h4-7,9-10,12-14,17H,8,11,15H2,1-3H3,(H,31,34)(H,35,36). The van der Waals surface area contributed by atoms with Crippen LogP contribution in [0.3, 0.4) is 0 Å². The second-order valence-electron chi connectivity index (χ2n) is 8.66. The number of carbonyl (C=O) groups excluding carboxylic acids is 1. The summed E-state index contributed by atoms with van der Waals surface area (Å²) in [7, 11) is 1.25. The molecular weight excluding hydrogens is 510 g/mol. The molecule has 37 heavy (non-hydrogen) atoms. The van der Waals surface area contributed by atoms with E-state index < -0.39 is 40.8 Å². The second-order valence-corrected chi connectivity index (χ2v) is 9.67. The molecule has 0 fully saturated rings. The fourth-order valence-electron chi connectivity index (χ4n) is 3.70. The molecule has 1 amide bonds. The quantitative estimate of drug-likeness (QED) is 0.286. The molecule has 0 aliphatic rings. The second kappa shape index (κ2) is 11.8. The Hall–Kier alpha value is -3.31. The highest BCUT2D eigenvalue weighted by Crippen LogP contribution is 2.29. The van der Waals surface area contributed by atoms with Gasteiger partial charge in [0.1, 0.15) is 11.5 Å². The molecule has 0 radical (unpaired) electrons. The Morgan fingerprint density at radius 3 is 2.38 bits per heavy atom. The van der Waals surface area contributed by atoms with E-state index in [1.807, 2.05) is 31.2 Å². The largest absolute Gasteiger partial charge is 0.433 e. The third-order valence-electron chi connectivity index (χ3n) is 6.02. The van der Waals surface area contributed by atoms with Crippen LogP contribution in [-0.2, 0) is 41.6 Å². The average molecular weight is 538 g/mol. The van der Waals surface area contributed by atoms with E-state index in [-0.39, 0.29) is 24.3 Å². The molecule has 6 nitrogen and oxygen atoms in total. The van der Waals surface area contributed by atoms with Crippen LogP contribution in [0.1, 0.15) is 46.5 Å². The zero-order valence-corrected chi connectivity index (χ0v) is 21.3. The van der Waals surface area contributed by atoms with Crippen molar-refractivity contribution in [2.24, 2.45) is 0 Å². The Labute approximate surface area is 215 Å². The summed E-state index contributed by atoms with van der Waals surface area (Å²) < 4.78 is 75.4. The normalized spacial score (nSPS) is 13.2. The Morgan fingerprint density at radius 1 is 1.11 bits per heavy atom. The monoisotopic (exact) mass is 537 g/mol. The van der Waals surface area contributed by atoms with Crippen LogP contribution in [0.25, 0.3) is 0 Å². The summed E-state index contributed by atoms with van der Waals surface area (Å²) in [5, 5.41) is 2.69. The summed E-state index contributed by atoms with van der Waals surface area (Å²) >= 11 is -2.41. The summed E-state index contributed by atoms with van der Waals surface area (Å²) in [6, 6.07) is 13.7. The molecule has 0 bridgehead atoms. The van der Waals surface area contributed by atoms with Gasteiger partial charge >= 0.3 is 6.18 Å². The fraction of sp³-hybridized carbons (Fsp3) is 0.308. The first-order valence-corrected chi connectivity index (χ1v) is 12.5. The molecule has 3 aromatic rings. The highest BCUT2D eigenvalue weighted by molar-refractivity contribution is 7.80. The number of nitrogens with one attached hydrogen (secondary N) is 1. The number of amides is 1. The van der Waals surface area contributed by atoms with Crippen molar-refractivity contribution in [3.63, 3.8) is 0 Å². The van der Waals surface area contributed by atoms with Gasteiger partial charge in [-0.3, -0.25) is 13.7 Å². The van der Waals surface area contributed by atoms with Gasteiger partial charge in [0, 0.05) is 19.3 Å². The van der Waals surface area contributed by atoms with Crippen molar-refractivity contribution in [1.82, 2.24) is 10.3 Å². The number of nitrogens with zero attached hydrogens (tertiary/aromatic N) is 2. The number of anilines is 1. The number of alkyl halides is 3. The van der Waals surface area contributed by atoms with Gasteiger partial charge in [-0.1, -0.05) is 42.0 Å². The molecule has 3 rings (SSSR count). The number of rotatable bonds is 9. The van der Waals surface area contributed by atoms with Gasteiger partial charge in [0.25, 0.3) is 11.3 Å². The van der Waals surface area contributed by atoms with Crippen LogP contribution >= 0.6 is 0 Å². The van der Waals surface area contributed by atoms with Gasteiger partial charge in [0.15, 0.2) is 0 Å². The lowest BCUT2D eigenvalue weighted by Gasteiger charge is -2.18. The van der Waals surface area contributed by atoms with Crippen molar-refractivity contribution in [2.45, 2.75) is 45.3 Å². The average Bonchev–Trinajstić information content (AvgIpc) is 2.85. The third-order valence-corrected chi connectivity index (χ3v) is 6.69. The van der Waals surface area contributed by atoms with Crippen molar-refractivity contribution in [1.29, 1.82) is 0 Å². The number of aromatic nitrogens is 1. The third kappa shape index (κ3) is 7.36. The zero-order chi connectivity index (χ0) is 27.3. The highest BCUT2D eigenvalue weighted by atomic mass is 32.2. The number of halogens is 4. The predicted molar refractivity (Wildman–Crippen MR) is 134 cm³/mol. The lowest BCUT2D eigenvalue weighted by molar-refractivity contribution is -0.141. The van der Waals surface area contributed by atoms with Crippen molar-refractivity contribution < 1.29 is 31.1 Å².